The van der Waals surface area contributed by atoms with Crippen LogP contribution < -0.4 is 5.32 Å². The number of carbonyl (C=O) groups excluding carboxylic acids is 1. The van der Waals surface area contributed by atoms with E-state index in [1.807, 2.05) is 34.9 Å². The molecule has 0 unspecified atom stereocenters. The number of hydrogen-bond acceptors (Lipinski definition) is 3. The molecule has 6 nitrogen and oxygen atoms in total. The quantitative estimate of drug-likeness (QED) is 0.820. The molecule has 0 aromatic heterocycles. The average Bonchev–Trinajstić information content (AvgIpc) is 2.63. The Hall–Kier alpha value is -2.34. The Morgan fingerprint density at radius 2 is 2.00 bits per heavy atom. The predicted molar refractivity (Wildman–Crippen MR) is 101 cm³/mol. The number of carbonyl (C=O) groups is 2. The van der Waals surface area contributed by atoms with E-state index in [2.05, 4.69) is 23.5 Å². The van der Waals surface area contributed by atoms with E-state index in [4.69, 9.17) is 5.11 Å². The van der Waals surface area contributed by atoms with Crippen LogP contribution in [-0.2, 0) is 4.79 Å². The van der Waals surface area contributed by atoms with Crippen LogP contribution in [0.1, 0.15) is 31.7 Å². The van der Waals surface area contributed by atoms with Gasteiger partial charge in [0.1, 0.15) is 0 Å². The van der Waals surface area contributed by atoms with Crippen LogP contribution in [-0.4, -0.2) is 65.2 Å². The molecule has 0 atom stereocenters. The first-order chi connectivity index (χ1) is 12.6. The molecule has 1 aliphatic carbocycles. The summed E-state index contributed by atoms with van der Waals surface area (Å²) < 4.78 is 0. The van der Waals surface area contributed by atoms with Gasteiger partial charge in [-0.3, -0.25) is 9.69 Å². The van der Waals surface area contributed by atoms with Gasteiger partial charge >= 0.3 is 12.0 Å². The third-order valence-electron chi connectivity index (χ3n) is 5.34. The molecule has 26 heavy (non-hydrogen) atoms. The molecular weight excluding hydrogens is 330 g/mol. The first-order valence-corrected chi connectivity index (χ1v) is 9.32. The number of carboxylic acids is 1. The Bertz CT molecular complexity index is 668. The van der Waals surface area contributed by atoms with E-state index in [1.165, 1.54) is 11.1 Å². The van der Waals surface area contributed by atoms with Gasteiger partial charge in [0.2, 0.25) is 0 Å². The van der Waals surface area contributed by atoms with Crippen molar-refractivity contribution < 1.29 is 14.7 Å². The second-order valence-corrected chi connectivity index (χ2v) is 7.02. The fourth-order valence-corrected chi connectivity index (χ4v) is 3.71. The molecule has 0 radical (unpaired) electrons. The van der Waals surface area contributed by atoms with Crippen molar-refractivity contribution in [1.29, 1.82) is 0 Å². The molecule has 1 aromatic rings. The lowest BCUT2D eigenvalue weighted by Crippen LogP contribution is -2.57. The lowest BCUT2D eigenvalue weighted by molar-refractivity contribution is -0.139. The lowest BCUT2D eigenvalue weighted by atomic mass is 9.85. The number of hydrogen-bond donors (Lipinski definition) is 2. The number of carboxylic acid groups (broad SMARTS) is 1. The smallest absolute Gasteiger partial charge is 0.317 e. The zero-order valence-electron chi connectivity index (χ0n) is 15.2. The number of rotatable bonds is 6. The minimum atomic E-state index is -0.798. The van der Waals surface area contributed by atoms with Crippen molar-refractivity contribution in [3.8, 4) is 0 Å². The van der Waals surface area contributed by atoms with Crippen LogP contribution in [0.2, 0.25) is 0 Å². The summed E-state index contributed by atoms with van der Waals surface area (Å²) in [5.74, 6) is -0.798. The Labute approximate surface area is 154 Å². The van der Waals surface area contributed by atoms with E-state index in [0.717, 1.165) is 32.4 Å². The fourth-order valence-electron chi connectivity index (χ4n) is 3.71. The topological polar surface area (TPSA) is 72.9 Å². The van der Waals surface area contributed by atoms with Crippen LogP contribution >= 0.6 is 0 Å². The predicted octanol–water partition coefficient (Wildman–Crippen LogP) is 2.42. The van der Waals surface area contributed by atoms with Gasteiger partial charge in [0.05, 0.1) is 6.54 Å². The number of nitrogens with one attached hydrogen (secondary N) is 1. The second-order valence-electron chi connectivity index (χ2n) is 7.02. The zero-order valence-corrected chi connectivity index (χ0v) is 15.2. The number of amides is 2. The SMILES string of the molecule is CCN(CC(=O)O)C1CC(NC(=O)N2CC=C(c3ccccc3)CC2)C1. The largest absolute Gasteiger partial charge is 0.480 e. The summed E-state index contributed by atoms with van der Waals surface area (Å²) in [6, 6.07) is 10.7. The molecule has 2 N–H and O–H groups in total. The number of benzene rings is 1. The molecule has 1 heterocycles. The molecule has 140 valence electrons. The summed E-state index contributed by atoms with van der Waals surface area (Å²) in [5.41, 5.74) is 2.53. The van der Waals surface area contributed by atoms with Gasteiger partial charge in [0.15, 0.2) is 0 Å². The van der Waals surface area contributed by atoms with Crippen LogP contribution in [0.15, 0.2) is 36.4 Å². The summed E-state index contributed by atoms with van der Waals surface area (Å²) in [4.78, 5) is 27.1. The standard InChI is InChI=1S/C20H27N3O3/c1-2-22(14-19(24)25)18-12-17(13-18)21-20(26)23-10-8-16(9-11-23)15-6-4-3-5-7-15/h3-8,17-18H,2,9-14H2,1H3,(H,21,26)(H,24,25). The fraction of sp³-hybridized carbons (Fsp3) is 0.500. The Morgan fingerprint density at radius 3 is 2.58 bits per heavy atom. The van der Waals surface area contributed by atoms with Crippen molar-refractivity contribution in [3.63, 3.8) is 0 Å². The molecule has 1 fully saturated rings. The maximum Gasteiger partial charge on any atom is 0.317 e. The van der Waals surface area contributed by atoms with Gasteiger partial charge in [-0.15, -0.1) is 0 Å². The molecule has 1 aliphatic heterocycles. The van der Waals surface area contributed by atoms with Crippen molar-refractivity contribution in [1.82, 2.24) is 15.1 Å². The van der Waals surface area contributed by atoms with Crippen LogP contribution in [0.5, 0.6) is 0 Å². The molecule has 2 amide bonds. The van der Waals surface area contributed by atoms with Crippen LogP contribution in [0.25, 0.3) is 5.57 Å². The third kappa shape index (κ3) is 4.43. The molecular formula is C20H27N3O3. The van der Waals surface area contributed by atoms with E-state index >= 15 is 0 Å². The molecule has 0 spiro atoms. The monoisotopic (exact) mass is 357 g/mol. The molecule has 0 bridgehead atoms. The van der Waals surface area contributed by atoms with Crippen LogP contribution in [0.3, 0.4) is 0 Å². The van der Waals surface area contributed by atoms with Crippen molar-refractivity contribution in [3.05, 3.63) is 42.0 Å². The summed E-state index contributed by atoms with van der Waals surface area (Å²) in [5, 5.41) is 12.0. The highest BCUT2D eigenvalue weighted by molar-refractivity contribution is 5.77. The highest BCUT2D eigenvalue weighted by Crippen LogP contribution is 2.26. The van der Waals surface area contributed by atoms with Gasteiger partial charge < -0.3 is 15.3 Å². The number of aliphatic carboxylic acids is 1. The second kappa shape index (κ2) is 8.36. The Morgan fingerprint density at radius 1 is 1.27 bits per heavy atom. The number of urea groups is 1. The van der Waals surface area contributed by atoms with Crippen molar-refractivity contribution in [2.45, 2.75) is 38.3 Å². The van der Waals surface area contributed by atoms with E-state index in [1.54, 1.807) is 0 Å². The number of nitrogens with zero attached hydrogens (tertiary/aromatic N) is 2. The minimum absolute atomic E-state index is 0.0157. The van der Waals surface area contributed by atoms with Gasteiger partial charge in [-0.2, -0.15) is 0 Å². The van der Waals surface area contributed by atoms with Gasteiger partial charge in [-0.05, 0) is 36.9 Å². The highest BCUT2D eigenvalue weighted by atomic mass is 16.4. The molecule has 1 saturated carbocycles. The summed E-state index contributed by atoms with van der Waals surface area (Å²) in [6.45, 7) is 4.12. The maximum atomic E-state index is 12.4. The zero-order chi connectivity index (χ0) is 18.5. The molecule has 0 saturated heterocycles. The molecule has 6 heteroatoms. The van der Waals surface area contributed by atoms with Crippen LogP contribution in [0.4, 0.5) is 4.79 Å². The third-order valence-corrected chi connectivity index (χ3v) is 5.34. The summed E-state index contributed by atoms with van der Waals surface area (Å²) in [7, 11) is 0. The molecule has 2 aliphatic rings. The summed E-state index contributed by atoms with van der Waals surface area (Å²) >= 11 is 0. The Balaban J connectivity index is 1.44. The molecule has 3 rings (SSSR count). The van der Waals surface area contributed by atoms with Gasteiger partial charge in [-0.1, -0.05) is 43.3 Å². The van der Waals surface area contributed by atoms with E-state index < -0.39 is 5.97 Å². The van der Waals surface area contributed by atoms with Gasteiger partial charge in [0.25, 0.3) is 0 Å². The summed E-state index contributed by atoms with van der Waals surface area (Å²) in [6.07, 6.45) is 4.65. The first kappa shape index (κ1) is 18.5. The van der Waals surface area contributed by atoms with E-state index in [0.29, 0.717) is 6.54 Å². The van der Waals surface area contributed by atoms with Crippen molar-refractivity contribution >= 4 is 17.6 Å². The average molecular weight is 357 g/mol. The maximum absolute atomic E-state index is 12.4. The van der Waals surface area contributed by atoms with Gasteiger partial charge in [-0.25, -0.2) is 4.79 Å². The van der Waals surface area contributed by atoms with Crippen LogP contribution in [0, 0.1) is 0 Å². The van der Waals surface area contributed by atoms with Crippen molar-refractivity contribution in [2.75, 3.05) is 26.2 Å². The van der Waals surface area contributed by atoms with Gasteiger partial charge in [0, 0.05) is 25.2 Å². The van der Waals surface area contributed by atoms with E-state index in [-0.39, 0.29) is 24.7 Å². The molecule has 1 aromatic carbocycles. The van der Waals surface area contributed by atoms with Crippen molar-refractivity contribution in [2.24, 2.45) is 0 Å². The number of likely N-dealkylation sites (N-methyl/N-ethyl adjacent to an activating group) is 1. The highest BCUT2D eigenvalue weighted by Gasteiger charge is 2.35. The first-order valence-electron chi connectivity index (χ1n) is 9.32. The lowest BCUT2D eigenvalue weighted by Gasteiger charge is -2.43. The Kier molecular flexibility index (Phi) is 5.93. The van der Waals surface area contributed by atoms with E-state index in [9.17, 15) is 9.59 Å². The minimum Gasteiger partial charge on any atom is -0.480 e. The normalized spacial score (nSPS) is 22.5.